The number of thiocarbonyl (C=S) groups is 1. The number of hydrogen-bond donors (Lipinski definition) is 3. The van der Waals surface area contributed by atoms with Gasteiger partial charge >= 0.3 is 0 Å². The van der Waals surface area contributed by atoms with Crippen LogP contribution >= 0.6 is 12.2 Å². The summed E-state index contributed by atoms with van der Waals surface area (Å²) in [7, 11) is 0. The Kier molecular flexibility index (Phi) is 3.85. The summed E-state index contributed by atoms with van der Waals surface area (Å²) in [5.74, 6) is -1.13. The monoisotopic (exact) mass is 292 g/mol. The van der Waals surface area contributed by atoms with Crippen molar-refractivity contribution in [2.24, 2.45) is 5.73 Å². The van der Waals surface area contributed by atoms with Crippen molar-refractivity contribution in [1.82, 2.24) is 10.2 Å². The van der Waals surface area contributed by atoms with Crippen LogP contribution in [0.25, 0.3) is 0 Å². The van der Waals surface area contributed by atoms with Crippen LogP contribution in [0.1, 0.15) is 16.1 Å². The highest BCUT2D eigenvalue weighted by atomic mass is 32.1. The van der Waals surface area contributed by atoms with E-state index in [-0.39, 0.29) is 16.2 Å². The molecule has 1 aromatic carbocycles. The first kappa shape index (κ1) is 13.8. The molecular weight excluding hydrogens is 283 g/mol. The molecule has 0 radical (unpaired) electrons. The molecule has 0 saturated carbocycles. The molecule has 0 spiro atoms. The molecule has 0 fully saturated rings. The first-order chi connectivity index (χ1) is 9.47. The second kappa shape index (κ2) is 5.57. The van der Waals surface area contributed by atoms with E-state index in [1.165, 1.54) is 24.3 Å². The number of amides is 1. The molecule has 8 heteroatoms. The summed E-state index contributed by atoms with van der Waals surface area (Å²) in [6.45, 7) is 0. The lowest BCUT2D eigenvalue weighted by Crippen LogP contribution is -2.18. The van der Waals surface area contributed by atoms with Crippen LogP contribution < -0.4 is 16.6 Å². The number of carbonyl (C=O) groups is 1. The minimum Gasteiger partial charge on any atom is -0.389 e. The van der Waals surface area contributed by atoms with Gasteiger partial charge in [-0.2, -0.15) is 5.10 Å². The number of benzene rings is 1. The van der Waals surface area contributed by atoms with Gasteiger partial charge in [-0.3, -0.25) is 9.59 Å². The Morgan fingerprint density at radius 1 is 1.35 bits per heavy atom. The molecule has 1 aromatic heterocycles. The molecule has 0 saturated heterocycles. The quantitative estimate of drug-likeness (QED) is 0.726. The molecule has 6 nitrogen and oxygen atoms in total. The van der Waals surface area contributed by atoms with Crippen LogP contribution in [0, 0.1) is 5.82 Å². The van der Waals surface area contributed by atoms with E-state index in [9.17, 15) is 14.0 Å². The number of anilines is 1. The molecule has 1 heterocycles. The van der Waals surface area contributed by atoms with E-state index in [2.05, 4.69) is 15.5 Å². The van der Waals surface area contributed by atoms with Crippen molar-refractivity contribution in [3.8, 4) is 0 Å². The Morgan fingerprint density at radius 2 is 2.10 bits per heavy atom. The number of halogens is 1. The van der Waals surface area contributed by atoms with Crippen molar-refractivity contribution >= 4 is 28.8 Å². The number of nitrogens with one attached hydrogen (secondary N) is 2. The number of nitrogens with zero attached hydrogens (tertiary/aromatic N) is 1. The van der Waals surface area contributed by atoms with E-state index in [1.54, 1.807) is 0 Å². The normalized spacial score (nSPS) is 10.1. The summed E-state index contributed by atoms with van der Waals surface area (Å²) in [4.78, 5) is 22.6. The van der Waals surface area contributed by atoms with Crippen LogP contribution in [0.4, 0.5) is 10.1 Å². The van der Waals surface area contributed by atoms with Crippen molar-refractivity contribution in [3.63, 3.8) is 0 Å². The van der Waals surface area contributed by atoms with E-state index < -0.39 is 17.3 Å². The van der Waals surface area contributed by atoms with Gasteiger partial charge in [-0.05, 0) is 24.3 Å². The molecule has 0 atom stereocenters. The van der Waals surface area contributed by atoms with Gasteiger partial charge in [-0.15, -0.1) is 0 Å². The highest BCUT2D eigenvalue weighted by molar-refractivity contribution is 7.80. The maximum atomic E-state index is 13.4. The molecule has 0 aliphatic heterocycles. The van der Waals surface area contributed by atoms with Crippen molar-refractivity contribution < 1.29 is 9.18 Å². The minimum absolute atomic E-state index is 0.0193. The summed E-state index contributed by atoms with van der Waals surface area (Å²) in [6.07, 6.45) is 0. The largest absolute Gasteiger partial charge is 0.389 e. The zero-order valence-corrected chi connectivity index (χ0v) is 10.8. The van der Waals surface area contributed by atoms with Crippen LogP contribution in [0.5, 0.6) is 0 Å². The van der Waals surface area contributed by atoms with Crippen molar-refractivity contribution in [2.75, 3.05) is 5.32 Å². The van der Waals surface area contributed by atoms with E-state index in [0.717, 1.165) is 6.07 Å². The molecule has 0 aliphatic carbocycles. The fourth-order valence-corrected chi connectivity index (χ4v) is 1.61. The third kappa shape index (κ3) is 3.04. The van der Waals surface area contributed by atoms with Crippen molar-refractivity contribution in [2.45, 2.75) is 0 Å². The van der Waals surface area contributed by atoms with Crippen LogP contribution in [0.15, 0.2) is 35.1 Å². The third-order valence-corrected chi connectivity index (χ3v) is 2.62. The Labute approximate surface area is 117 Å². The number of nitrogens with two attached hydrogens (primary N) is 1. The minimum atomic E-state index is -0.572. The molecule has 4 N–H and O–H groups in total. The molecule has 0 bridgehead atoms. The topological polar surface area (TPSA) is 101 Å². The van der Waals surface area contributed by atoms with Gasteiger partial charge in [0.1, 0.15) is 16.5 Å². The lowest BCUT2D eigenvalue weighted by atomic mass is 10.2. The Bertz CT molecular complexity index is 724. The Morgan fingerprint density at radius 3 is 2.70 bits per heavy atom. The SMILES string of the molecule is NC(=S)c1cc(NC(=O)c2ccc(=O)[nH]n2)ccc1F. The zero-order valence-electron chi connectivity index (χ0n) is 10.0. The molecule has 102 valence electrons. The third-order valence-electron chi connectivity index (χ3n) is 2.40. The fraction of sp³-hybridized carbons (Fsp3) is 0. The average Bonchev–Trinajstić information content (AvgIpc) is 2.41. The summed E-state index contributed by atoms with van der Waals surface area (Å²) >= 11 is 4.70. The van der Waals surface area contributed by atoms with E-state index in [1.807, 2.05) is 0 Å². The van der Waals surface area contributed by atoms with Gasteiger partial charge in [-0.1, -0.05) is 12.2 Å². The number of rotatable bonds is 3. The van der Waals surface area contributed by atoms with Gasteiger partial charge in [0, 0.05) is 17.3 Å². The number of aromatic nitrogens is 2. The molecule has 2 rings (SSSR count). The number of hydrogen-bond acceptors (Lipinski definition) is 4. The predicted molar refractivity (Wildman–Crippen MR) is 75.1 cm³/mol. The fourth-order valence-electron chi connectivity index (χ4n) is 1.46. The lowest BCUT2D eigenvalue weighted by molar-refractivity contribution is 0.102. The second-order valence-electron chi connectivity index (χ2n) is 3.82. The van der Waals surface area contributed by atoms with Gasteiger partial charge in [-0.25, -0.2) is 9.49 Å². The Hall–Kier alpha value is -2.61. The molecule has 0 unspecified atom stereocenters. The number of H-pyrrole nitrogens is 1. The number of aromatic amines is 1. The molecule has 2 aromatic rings. The van der Waals surface area contributed by atoms with Crippen LogP contribution in [0.2, 0.25) is 0 Å². The van der Waals surface area contributed by atoms with Crippen LogP contribution in [-0.4, -0.2) is 21.1 Å². The van der Waals surface area contributed by atoms with E-state index >= 15 is 0 Å². The molecular formula is C12H9FN4O2S. The summed E-state index contributed by atoms with van der Waals surface area (Å²) < 4.78 is 13.4. The molecule has 20 heavy (non-hydrogen) atoms. The predicted octanol–water partition coefficient (Wildman–Crippen LogP) is 0.795. The average molecular weight is 292 g/mol. The van der Waals surface area contributed by atoms with Gasteiger partial charge in [0.05, 0.1) is 0 Å². The second-order valence-corrected chi connectivity index (χ2v) is 4.26. The maximum absolute atomic E-state index is 13.4. The van der Waals surface area contributed by atoms with Gasteiger partial charge in [0.15, 0.2) is 0 Å². The first-order valence-corrected chi connectivity index (χ1v) is 5.84. The lowest BCUT2D eigenvalue weighted by Gasteiger charge is -2.07. The van der Waals surface area contributed by atoms with Crippen molar-refractivity contribution in [3.05, 3.63) is 57.8 Å². The summed E-state index contributed by atoms with van der Waals surface area (Å²) in [5, 5.41) is 8.21. The molecule has 0 aliphatic rings. The standard InChI is InChI=1S/C12H9FN4O2S/c13-8-2-1-6(5-7(8)11(14)20)15-12(19)9-3-4-10(18)17-16-9/h1-5H,(H2,14,20)(H,15,19)(H,17,18). The van der Waals surface area contributed by atoms with Crippen LogP contribution in [-0.2, 0) is 0 Å². The highest BCUT2D eigenvalue weighted by Crippen LogP contribution is 2.15. The van der Waals surface area contributed by atoms with Crippen LogP contribution in [0.3, 0.4) is 0 Å². The summed E-state index contributed by atoms with van der Waals surface area (Å²) in [5.41, 5.74) is 5.32. The number of carbonyl (C=O) groups excluding carboxylic acids is 1. The van der Waals surface area contributed by atoms with Gasteiger partial charge in [0.25, 0.3) is 11.5 Å². The van der Waals surface area contributed by atoms with Gasteiger partial charge in [0.2, 0.25) is 0 Å². The van der Waals surface area contributed by atoms with Gasteiger partial charge < -0.3 is 11.1 Å². The zero-order chi connectivity index (χ0) is 14.7. The Balaban J connectivity index is 2.24. The van der Waals surface area contributed by atoms with E-state index in [0.29, 0.717) is 5.69 Å². The highest BCUT2D eigenvalue weighted by Gasteiger charge is 2.11. The summed E-state index contributed by atoms with van der Waals surface area (Å²) in [6, 6.07) is 6.27. The molecule has 1 amide bonds. The smallest absolute Gasteiger partial charge is 0.276 e. The van der Waals surface area contributed by atoms with Crippen molar-refractivity contribution in [1.29, 1.82) is 0 Å². The maximum Gasteiger partial charge on any atom is 0.276 e. The van der Waals surface area contributed by atoms with E-state index in [4.69, 9.17) is 18.0 Å². The first-order valence-electron chi connectivity index (χ1n) is 5.44.